The van der Waals surface area contributed by atoms with Gasteiger partial charge in [0.05, 0.1) is 0 Å². The average molecular weight is 162 g/mol. The van der Waals surface area contributed by atoms with E-state index in [0.29, 0.717) is 11.0 Å². The van der Waals surface area contributed by atoms with Crippen molar-refractivity contribution in [2.24, 2.45) is 0 Å². The molecule has 0 saturated carbocycles. The molecule has 0 aliphatic heterocycles. The summed E-state index contributed by atoms with van der Waals surface area (Å²) in [6.07, 6.45) is 0. The van der Waals surface area contributed by atoms with Crippen LogP contribution in [0, 0.1) is 0 Å². The number of rotatable bonds is 2. The van der Waals surface area contributed by atoms with Gasteiger partial charge in [-0.25, -0.2) is 0 Å². The topological polar surface area (TPSA) is 49.3 Å². The van der Waals surface area contributed by atoms with Crippen LogP contribution in [0.4, 0.5) is 0 Å². The van der Waals surface area contributed by atoms with Crippen LogP contribution in [0.1, 0.15) is 10.4 Å². The van der Waals surface area contributed by atoms with Crippen molar-refractivity contribution >= 4 is 18.9 Å². The van der Waals surface area contributed by atoms with Crippen molar-refractivity contribution in [2.75, 3.05) is 7.05 Å². The number of hydrogen-bond donors (Lipinski definition) is 2. The van der Waals surface area contributed by atoms with Crippen LogP contribution < -0.4 is 10.8 Å². The fourth-order valence-electron chi connectivity index (χ4n) is 0.865. The Morgan fingerprint density at radius 3 is 2.42 bits per heavy atom. The van der Waals surface area contributed by atoms with Gasteiger partial charge in [0.2, 0.25) is 0 Å². The zero-order valence-electron chi connectivity index (χ0n) is 6.74. The summed E-state index contributed by atoms with van der Waals surface area (Å²) in [4.78, 5) is 11.0. The molecule has 0 spiro atoms. The first-order valence-corrected chi connectivity index (χ1v) is 3.57. The van der Waals surface area contributed by atoms with E-state index in [0.717, 1.165) is 7.48 Å². The van der Waals surface area contributed by atoms with Gasteiger partial charge in [-0.3, -0.25) is 4.79 Å². The van der Waals surface area contributed by atoms with Gasteiger partial charge in [0.1, 0.15) is 0 Å². The SMILES string of the molecule is CNC(=O)c1ccc([B]O)cc1. The highest BCUT2D eigenvalue weighted by molar-refractivity contribution is 6.45. The minimum atomic E-state index is -0.125. The highest BCUT2D eigenvalue weighted by Crippen LogP contribution is 1.95. The molecule has 0 bridgehead atoms. The number of nitrogens with one attached hydrogen (secondary N) is 1. The number of amides is 1. The standard InChI is InChI=1S/C8H9BNO2/c1-10-8(11)6-2-4-7(9-12)5-3-6/h2-5,12H,1H3,(H,10,11). The first-order chi connectivity index (χ1) is 5.77. The lowest BCUT2D eigenvalue weighted by Crippen LogP contribution is -2.19. The molecule has 1 aromatic carbocycles. The maximum Gasteiger partial charge on any atom is 0.326 e. The Hall–Kier alpha value is -1.29. The lowest BCUT2D eigenvalue weighted by Gasteiger charge is -1.99. The average Bonchev–Trinajstić information content (AvgIpc) is 2.17. The smallest absolute Gasteiger partial charge is 0.326 e. The molecule has 1 aromatic rings. The third-order valence-corrected chi connectivity index (χ3v) is 1.55. The lowest BCUT2D eigenvalue weighted by molar-refractivity contribution is 0.0963. The molecule has 1 radical (unpaired) electrons. The first kappa shape index (κ1) is 8.81. The molecular formula is C8H9BNO2. The largest absolute Gasteiger partial charge is 0.450 e. The van der Waals surface area contributed by atoms with Crippen molar-refractivity contribution in [1.29, 1.82) is 0 Å². The molecule has 0 atom stereocenters. The Morgan fingerprint density at radius 2 is 2.00 bits per heavy atom. The zero-order valence-corrected chi connectivity index (χ0v) is 6.74. The van der Waals surface area contributed by atoms with Crippen LogP contribution in [0.5, 0.6) is 0 Å². The van der Waals surface area contributed by atoms with E-state index in [9.17, 15) is 4.79 Å². The molecule has 0 aliphatic carbocycles. The molecule has 0 aromatic heterocycles. The predicted molar refractivity (Wildman–Crippen MR) is 47.4 cm³/mol. The first-order valence-electron chi connectivity index (χ1n) is 3.57. The van der Waals surface area contributed by atoms with E-state index in [1.165, 1.54) is 0 Å². The van der Waals surface area contributed by atoms with Crippen LogP contribution in [-0.2, 0) is 0 Å². The normalized spacial score (nSPS) is 9.17. The van der Waals surface area contributed by atoms with Gasteiger partial charge in [0, 0.05) is 12.6 Å². The van der Waals surface area contributed by atoms with E-state index in [2.05, 4.69) is 5.32 Å². The Balaban J connectivity index is 2.84. The minimum absolute atomic E-state index is 0.125. The minimum Gasteiger partial charge on any atom is -0.450 e. The molecule has 4 heteroatoms. The molecule has 1 amide bonds. The maximum absolute atomic E-state index is 11.0. The second-order valence-electron chi connectivity index (χ2n) is 2.33. The van der Waals surface area contributed by atoms with Crippen LogP contribution in [-0.4, -0.2) is 25.5 Å². The van der Waals surface area contributed by atoms with Gasteiger partial charge in [0.25, 0.3) is 5.91 Å². The Morgan fingerprint density at radius 1 is 1.42 bits per heavy atom. The van der Waals surface area contributed by atoms with Crippen molar-refractivity contribution in [3.63, 3.8) is 0 Å². The van der Waals surface area contributed by atoms with Gasteiger partial charge in [-0.1, -0.05) is 17.6 Å². The van der Waals surface area contributed by atoms with Gasteiger partial charge in [-0.05, 0) is 12.1 Å². The number of carbonyl (C=O) groups is 1. The molecule has 12 heavy (non-hydrogen) atoms. The van der Waals surface area contributed by atoms with Gasteiger partial charge in [-0.2, -0.15) is 0 Å². The number of benzene rings is 1. The number of hydrogen-bond acceptors (Lipinski definition) is 2. The third kappa shape index (κ3) is 1.86. The Bertz CT molecular complexity index is 271. The predicted octanol–water partition coefficient (Wildman–Crippen LogP) is -0.717. The summed E-state index contributed by atoms with van der Waals surface area (Å²) in [7, 11) is 2.57. The fraction of sp³-hybridized carbons (Fsp3) is 0.125. The van der Waals surface area contributed by atoms with Gasteiger partial charge in [0.15, 0.2) is 0 Å². The summed E-state index contributed by atoms with van der Waals surface area (Å²) in [6, 6.07) is 6.65. The van der Waals surface area contributed by atoms with Crippen molar-refractivity contribution in [1.82, 2.24) is 5.32 Å². The Kier molecular flexibility index (Phi) is 2.88. The van der Waals surface area contributed by atoms with E-state index in [4.69, 9.17) is 5.02 Å². The molecule has 2 N–H and O–H groups in total. The van der Waals surface area contributed by atoms with Crippen molar-refractivity contribution in [2.45, 2.75) is 0 Å². The van der Waals surface area contributed by atoms with Gasteiger partial charge >= 0.3 is 7.48 Å². The Labute approximate surface area is 71.7 Å². The zero-order chi connectivity index (χ0) is 8.97. The van der Waals surface area contributed by atoms with E-state index in [-0.39, 0.29) is 5.91 Å². The molecule has 0 saturated heterocycles. The summed E-state index contributed by atoms with van der Waals surface area (Å²) in [6.45, 7) is 0. The van der Waals surface area contributed by atoms with E-state index >= 15 is 0 Å². The molecule has 0 fully saturated rings. The van der Waals surface area contributed by atoms with Gasteiger partial charge in [-0.15, -0.1) is 0 Å². The van der Waals surface area contributed by atoms with Crippen LogP contribution in [0.3, 0.4) is 0 Å². The quantitative estimate of drug-likeness (QED) is 0.564. The summed E-state index contributed by atoms with van der Waals surface area (Å²) in [5.74, 6) is -0.125. The lowest BCUT2D eigenvalue weighted by atomic mass is 9.88. The van der Waals surface area contributed by atoms with Crippen LogP contribution in [0.2, 0.25) is 0 Å². The molecule has 61 valence electrons. The fourth-order valence-corrected chi connectivity index (χ4v) is 0.865. The van der Waals surface area contributed by atoms with Crippen LogP contribution in [0.15, 0.2) is 24.3 Å². The summed E-state index contributed by atoms with van der Waals surface area (Å²) < 4.78 is 0. The molecule has 0 aliphatic rings. The monoisotopic (exact) mass is 162 g/mol. The highest BCUT2D eigenvalue weighted by Gasteiger charge is 2.01. The van der Waals surface area contributed by atoms with Crippen LogP contribution >= 0.6 is 0 Å². The molecule has 1 rings (SSSR count). The second-order valence-corrected chi connectivity index (χ2v) is 2.33. The highest BCUT2D eigenvalue weighted by atomic mass is 16.2. The van der Waals surface area contributed by atoms with E-state index in [1.807, 2.05) is 0 Å². The van der Waals surface area contributed by atoms with E-state index < -0.39 is 0 Å². The summed E-state index contributed by atoms with van der Waals surface area (Å²) >= 11 is 0. The van der Waals surface area contributed by atoms with Crippen LogP contribution in [0.25, 0.3) is 0 Å². The molecule has 0 unspecified atom stereocenters. The van der Waals surface area contributed by atoms with Crippen molar-refractivity contribution in [3.8, 4) is 0 Å². The van der Waals surface area contributed by atoms with Crippen molar-refractivity contribution in [3.05, 3.63) is 29.8 Å². The van der Waals surface area contributed by atoms with Gasteiger partial charge < -0.3 is 10.3 Å². The second kappa shape index (κ2) is 3.92. The molecular weight excluding hydrogens is 153 g/mol. The summed E-state index contributed by atoms with van der Waals surface area (Å²) in [5.41, 5.74) is 1.27. The third-order valence-electron chi connectivity index (χ3n) is 1.55. The van der Waals surface area contributed by atoms with E-state index in [1.54, 1.807) is 31.3 Å². The molecule has 3 nitrogen and oxygen atoms in total. The molecule has 0 heterocycles. The van der Waals surface area contributed by atoms with Crippen molar-refractivity contribution < 1.29 is 9.82 Å². The summed E-state index contributed by atoms with van der Waals surface area (Å²) in [5, 5.41) is 11.1. The number of carbonyl (C=O) groups excluding carboxylic acids is 1. The maximum atomic E-state index is 11.0.